The van der Waals surface area contributed by atoms with Crippen LogP contribution < -0.4 is 10.2 Å². The molecule has 2 N–H and O–H groups in total. The highest BCUT2D eigenvalue weighted by Gasteiger charge is 2.62. The van der Waals surface area contributed by atoms with Gasteiger partial charge in [0.05, 0.1) is 24.3 Å². The predicted octanol–water partition coefficient (Wildman–Crippen LogP) is 3.76. The van der Waals surface area contributed by atoms with Crippen LogP contribution in [0.25, 0.3) is 0 Å². The Kier molecular flexibility index (Phi) is 5.10. The third kappa shape index (κ3) is 3.32. The lowest BCUT2D eigenvalue weighted by molar-refractivity contribution is -0.167. The maximum absolute atomic E-state index is 15.0. The lowest BCUT2D eigenvalue weighted by atomic mass is 9.51. The number of hydrogen-bond acceptors (Lipinski definition) is 5. The van der Waals surface area contributed by atoms with E-state index < -0.39 is 17.3 Å². The molecule has 7 nitrogen and oxygen atoms in total. The number of nitrogens with one attached hydrogen (secondary N) is 1. The van der Waals surface area contributed by atoms with E-state index >= 15 is 4.39 Å². The van der Waals surface area contributed by atoms with Crippen LogP contribution in [0, 0.1) is 29.0 Å². The molecular weight excluding hydrogens is 437 g/mol. The van der Waals surface area contributed by atoms with Gasteiger partial charge in [-0.2, -0.15) is 0 Å². The van der Waals surface area contributed by atoms with E-state index in [0.29, 0.717) is 42.2 Å². The molecule has 184 valence electrons. The summed E-state index contributed by atoms with van der Waals surface area (Å²) in [6.45, 7) is 2.01. The molecule has 4 saturated carbocycles. The molecule has 2 aliphatic heterocycles. The largest absolute Gasteiger partial charge is 0.453 e. The highest BCUT2D eigenvalue weighted by atomic mass is 19.1. The molecule has 6 fully saturated rings. The molecule has 4 aliphatic carbocycles. The zero-order valence-corrected chi connectivity index (χ0v) is 19.8. The van der Waals surface area contributed by atoms with Crippen molar-refractivity contribution in [1.82, 2.24) is 4.90 Å². The first-order valence-electron chi connectivity index (χ1n) is 12.7. The molecule has 0 radical (unpaired) electrons. The maximum atomic E-state index is 15.0. The minimum absolute atomic E-state index is 0.0783. The van der Waals surface area contributed by atoms with Gasteiger partial charge in [-0.25, -0.2) is 9.18 Å². The fraction of sp³-hybridized carbons (Fsp3) is 0.692. The third-order valence-corrected chi connectivity index (χ3v) is 9.57. The van der Waals surface area contributed by atoms with Gasteiger partial charge in [-0.3, -0.25) is 10.1 Å². The second-order valence-corrected chi connectivity index (χ2v) is 11.5. The van der Waals surface area contributed by atoms with Gasteiger partial charge in [0.1, 0.15) is 5.82 Å². The lowest BCUT2D eigenvalue weighted by Gasteiger charge is -2.61. The number of aliphatic hydroxyl groups excluding tert-OH is 1. The number of hydrogen-bond donors (Lipinski definition) is 2. The van der Waals surface area contributed by atoms with Gasteiger partial charge >= 0.3 is 6.09 Å². The molecule has 4 bridgehead atoms. The summed E-state index contributed by atoms with van der Waals surface area (Å²) in [5, 5.41) is 13.2. The Morgan fingerprint density at radius 3 is 2.65 bits per heavy atom. The number of nitrogens with zero attached hydrogens (tertiary/aromatic N) is 2. The summed E-state index contributed by atoms with van der Waals surface area (Å²) in [5.41, 5.74) is 0.270. The van der Waals surface area contributed by atoms with E-state index in [1.165, 1.54) is 13.2 Å². The van der Waals surface area contributed by atoms with E-state index in [2.05, 4.69) is 15.0 Å². The van der Waals surface area contributed by atoms with Crippen LogP contribution in [0.2, 0.25) is 0 Å². The monoisotopic (exact) mass is 471 g/mol. The Morgan fingerprint density at radius 1 is 1.18 bits per heavy atom. The molecule has 2 saturated heterocycles. The topological polar surface area (TPSA) is 82.1 Å². The number of amides is 2. The third-order valence-electron chi connectivity index (χ3n) is 9.57. The number of halogens is 1. The Morgan fingerprint density at radius 2 is 1.94 bits per heavy atom. The van der Waals surface area contributed by atoms with Gasteiger partial charge in [-0.15, -0.1) is 0 Å². The van der Waals surface area contributed by atoms with Gasteiger partial charge in [-0.05, 0) is 87.3 Å². The van der Waals surface area contributed by atoms with E-state index in [1.54, 1.807) is 12.1 Å². The van der Waals surface area contributed by atoms with E-state index in [4.69, 9.17) is 0 Å². The standard InChI is InChI=1S/C26H34FN3O4/c1-34-24(33)28-19-3-4-21(20(27)11-19)29-7-2-5-25(15-29)6-8-30(23(25)32)26-12-16-9-17(13-26)22(31)18(10-16)14-26/h3-4,11,16-18,22,31H,2,5-10,12-15H2,1H3,(H,28,33)/t16?,17?,18?,22?,25-,26?/m1/s1. The Labute approximate surface area is 199 Å². The first-order chi connectivity index (χ1) is 16.3. The summed E-state index contributed by atoms with van der Waals surface area (Å²) in [5.74, 6) is 1.15. The molecule has 1 aromatic rings. The number of methoxy groups -OCH3 is 1. The maximum Gasteiger partial charge on any atom is 0.411 e. The minimum atomic E-state index is -0.641. The Hall–Kier alpha value is -2.35. The van der Waals surface area contributed by atoms with Crippen molar-refractivity contribution in [3.63, 3.8) is 0 Å². The number of rotatable bonds is 3. The van der Waals surface area contributed by atoms with Gasteiger partial charge in [-0.1, -0.05) is 0 Å². The molecule has 2 heterocycles. The van der Waals surface area contributed by atoms with Crippen LogP contribution in [0.1, 0.15) is 51.4 Å². The van der Waals surface area contributed by atoms with Crippen LogP contribution in [0.4, 0.5) is 20.6 Å². The number of ether oxygens (including phenoxy) is 1. The first-order valence-corrected chi connectivity index (χ1v) is 12.7. The molecule has 2 unspecified atom stereocenters. The van der Waals surface area contributed by atoms with Crippen molar-refractivity contribution in [1.29, 1.82) is 0 Å². The van der Waals surface area contributed by atoms with Crippen LogP contribution in [-0.4, -0.2) is 60.4 Å². The summed E-state index contributed by atoms with van der Waals surface area (Å²) in [6.07, 6.45) is 6.86. The molecule has 8 heteroatoms. The number of carbonyl (C=O) groups is 2. The lowest BCUT2D eigenvalue weighted by Crippen LogP contribution is -2.65. The SMILES string of the molecule is COC(=O)Nc1ccc(N2CCC[C@@]3(CCN(C45CC6CC(C4)C(O)C(C6)C5)C3=O)C2)c(F)c1. The number of aliphatic hydroxyl groups is 1. The van der Waals surface area contributed by atoms with E-state index in [9.17, 15) is 14.7 Å². The summed E-state index contributed by atoms with van der Waals surface area (Å²) in [7, 11) is 1.26. The first kappa shape index (κ1) is 22.1. The quantitative estimate of drug-likeness (QED) is 0.702. The van der Waals surface area contributed by atoms with Crippen LogP contribution in [0.15, 0.2) is 18.2 Å². The number of piperidine rings is 1. The zero-order valence-electron chi connectivity index (χ0n) is 19.8. The molecule has 2 amide bonds. The zero-order chi connectivity index (χ0) is 23.7. The average Bonchev–Trinajstić information content (AvgIpc) is 3.12. The number of anilines is 2. The van der Waals surface area contributed by atoms with Gasteiger partial charge in [0, 0.05) is 30.9 Å². The Balaban J connectivity index is 1.21. The van der Waals surface area contributed by atoms with Gasteiger partial charge < -0.3 is 19.6 Å². The summed E-state index contributed by atoms with van der Waals surface area (Å²) in [4.78, 5) is 29.7. The van der Waals surface area contributed by atoms with Crippen LogP contribution in [0.3, 0.4) is 0 Å². The highest BCUT2D eigenvalue weighted by Crippen LogP contribution is 2.59. The molecule has 7 rings (SSSR count). The predicted molar refractivity (Wildman–Crippen MR) is 125 cm³/mol. The van der Waals surface area contributed by atoms with Gasteiger partial charge in [0.2, 0.25) is 5.91 Å². The molecule has 6 aliphatic rings. The summed E-state index contributed by atoms with van der Waals surface area (Å²) in [6, 6.07) is 4.65. The molecule has 1 spiro atoms. The summed E-state index contributed by atoms with van der Waals surface area (Å²) >= 11 is 0. The van der Waals surface area contributed by atoms with Crippen molar-refractivity contribution in [2.75, 3.05) is 37.0 Å². The second kappa shape index (κ2) is 7.83. The number of carbonyl (C=O) groups excluding carboxylic acids is 2. The van der Waals surface area contributed by atoms with Crippen molar-refractivity contribution < 1.29 is 23.8 Å². The van der Waals surface area contributed by atoms with E-state index in [1.807, 2.05) is 4.90 Å². The van der Waals surface area contributed by atoms with Crippen molar-refractivity contribution in [3.8, 4) is 0 Å². The molecule has 34 heavy (non-hydrogen) atoms. The number of benzene rings is 1. The molecule has 3 atom stereocenters. The molecule has 1 aromatic carbocycles. The fourth-order valence-electron chi connectivity index (χ4n) is 8.28. The highest BCUT2D eigenvalue weighted by molar-refractivity contribution is 5.87. The van der Waals surface area contributed by atoms with E-state index in [0.717, 1.165) is 57.9 Å². The van der Waals surface area contributed by atoms with Crippen LogP contribution >= 0.6 is 0 Å². The van der Waals surface area contributed by atoms with Crippen molar-refractivity contribution in [2.24, 2.45) is 23.2 Å². The minimum Gasteiger partial charge on any atom is -0.453 e. The smallest absolute Gasteiger partial charge is 0.411 e. The van der Waals surface area contributed by atoms with Crippen LogP contribution in [0.5, 0.6) is 0 Å². The Bertz CT molecular complexity index is 1000. The van der Waals surface area contributed by atoms with Crippen molar-refractivity contribution in [2.45, 2.75) is 63.0 Å². The van der Waals surface area contributed by atoms with Gasteiger partial charge in [0.25, 0.3) is 0 Å². The van der Waals surface area contributed by atoms with Crippen LogP contribution in [-0.2, 0) is 9.53 Å². The van der Waals surface area contributed by atoms with Crippen molar-refractivity contribution in [3.05, 3.63) is 24.0 Å². The molecule has 0 aromatic heterocycles. The number of likely N-dealkylation sites (tertiary alicyclic amines) is 1. The second-order valence-electron chi connectivity index (χ2n) is 11.5. The summed E-state index contributed by atoms with van der Waals surface area (Å²) < 4.78 is 19.6. The molecular formula is C26H34FN3O4. The van der Waals surface area contributed by atoms with Crippen molar-refractivity contribution >= 4 is 23.4 Å². The van der Waals surface area contributed by atoms with E-state index in [-0.39, 0.29) is 17.6 Å². The fourth-order valence-corrected chi connectivity index (χ4v) is 8.28. The average molecular weight is 472 g/mol. The van der Waals surface area contributed by atoms with Gasteiger partial charge in [0.15, 0.2) is 0 Å². The normalized spacial score (nSPS) is 38.6.